The highest BCUT2D eigenvalue weighted by Gasteiger charge is 2.36. The van der Waals surface area contributed by atoms with E-state index in [0.29, 0.717) is 5.41 Å². The van der Waals surface area contributed by atoms with Gasteiger partial charge >= 0.3 is 0 Å². The van der Waals surface area contributed by atoms with Gasteiger partial charge in [0.1, 0.15) is 0 Å². The van der Waals surface area contributed by atoms with Gasteiger partial charge in [0.2, 0.25) is 0 Å². The van der Waals surface area contributed by atoms with Crippen molar-refractivity contribution in [1.29, 1.82) is 0 Å². The first-order chi connectivity index (χ1) is 8.62. The predicted molar refractivity (Wildman–Crippen MR) is 73.6 cm³/mol. The molecule has 0 unspecified atom stereocenters. The van der Waals surface area contributed by atoms with Gasteiger partial charge in [0.25, 0.3) is 0 Å². The van der Waals surface area contributed by atoms with Crippen LogP contribution >= 0.6 is 0 Å². The summed E-state index contributed by atoms with van der Waals surface area (Å²) in [6.07, 6.45) is 9.64. The Balaban J connectivity index is 1.56. The molecule has 0 atom stereocenters. The lowest BCUT2D eigenvalue weighted by Gasteiger charge is -2.42. The molecule has 1 saturated carbocycles. The second kappa shape index (κ2) is 4.69. The number of hydrogen-bond donors (Lipinski definition) is 1. The molecule has 1 aromatic heterocycles. The third-order valence-electron chi connectivity index (χ3n) is 4.59. The molecule has 2 fully saturated rings. The number of nitrogens with zero attached hydrogens (tertiary/aromatic N) is 2. The van der Waals surface area contributed by atoms with Gasteiger partial charge in [-0.3, -0.25) is 4.68 Å². The van der Waals surface area contributed by atoms with Gasteiger partial charge < -0.3 is 5.32 Å². The van der Waals surface area contributed by atoms with E-state index in [0.717, 1.165) is 31.5 Å². The average molecular weight is 247 g/mol. The van der Waals surface area contributed by atoms with Gasteiger partial charge in [-0.25, -0.2) is 0 Å². The Labute approximate surface area is 110 Å². The molecule has 0 spiro atoms. The highest BCUT2D eigenvalue weighted by atomic mass is 15.3. The zero-order valence-electron chi connectivity index (χ0n) is 11.7. The summed E-state index contributed by atoms with van der Waals surface area (Å²) < 4.78 is 2.18. The number of piperidine rings is 1. The zero-order valence-corrected chi connectivity index (χ0v) is 11.7. The second-order valence-corrected chi connectivity index (χ2v) is 6.96. The van der Waals surface area contributed by atoms with Crippen LogP contribution in [0.3, 0.4) is 0 Å². The Morgan fingerprint density at radius 2 is 2.06 bits per heavy atom. The van der Waals surface area contributed by atoms with Crippen molar-refractivity contribution in [3.63, 3.8) is 0 Å². The summed E-state index contributed by atoms with van der Waals surface area (Å²) in [6.45, 7) is 8.17. The van der Waals surface area contributed by atoms with E-state index in [-0.39, 0.29) is 0 Å². The fourth-order valence-electron chi connectivity index (χ4n) is 3.74. The van der Waals surface area contributed by atoms with Crippen molar-refractivity contribution in [2.75, 3.05) is 13.1 Å². The van der Waals surface area contributed by atoms with E-state index in [2.05, 4.69) is 41.3 Å². The number of nitrogens with one attached hydrogen (secondary N) is 1. The lowest BCUT2D eigenvalue weighted by Crippen LogP contribution is -2.34. The number of hydrogen-bond acceptors (Lipinski definition) is 2. The van der Waals surface area contributed by atoms with Crippen LogP contribution in [-0.2, 0) is 6.54 Å². The van der Waals surface area contributed by atoms with Gasteiger partial charge in [-0.2, -0.15) is 5.10 Å². The van der Waals surface area contributed by atoms with Crippen LogP contribution < -0.4 is 5.32 Å². The summed E-state index contributed by atoms with van der Waals surface area (Å²) in [5.41, 5.74) is 2.03. The van der Waals surface area contributed by atoms with Gasteiger partial charge in [-0.15, -0.1) is 0 Å². The van der Waals surface area contributed by atoms with Crippen LogP contribution in [0.15, 0.2) is 12.4 Å². The van der Waals surface area contributed by atoms with Crippen molar-refractivity contribution < 1.29 is 0 Å². The van der Waals surface area contributed by atoms with E-state index in [4.69, 9.17) is 0 Å². The quantitative estimate of drug-likeness (QED) is 0.890. The van der Waals surface area contributed by atoms with E-state index < -0.39 is 0 Å². The van der Waals surface area contributed by atoms with E-state index in [9.17, 15) is 0 Å². The van der Waals surface area contributed by atoms with E-state index in [1.165, 1.54) is 31.2 Å². The molecule has 1 aliphatic heterocycles. The minimum atomic E-state index is 0.579. The summed E-state index contributed by atoms with van der Waals surface area (Å²) >= 11 is 0. The molecule has 3 nitrogen and oxygen atoms in total. The molecule has 2 heterocycles. The summed E-state index contributed by atoms with van der Waals surface area (Å²) in [5.74, 6) is 1.58. The van der Waals surface area contributed by atoms with Gasteiger partial charge in [0.15, 0.2) is 0 Å². The summed E-state index contributed by atoms with van der Waals surface area (Å²) in [4.78, 5) is 0. The first-order valence-corrected chi connectivity index (χ1v) is 7.35. The van der Waals surface area contributed by atoms with Crippen molar-refractivity contribution >= 4 is 0 Å². The third-order valence-corrected chi connectivity index (χ3v) is 4.59. The van der Waals surface area contributed by atoms with Crippen molar-refractivity contribution in [1.82, 2.24) is 15.1 Å². The monoisotopic (exact) mass is 247 g/mol. The molecule has 18 heavy (non-hydrogen) atoms. The normalized spacial score (nSPS) is 25.0. The molecule has 0 aromatic carbocycles. The lowest BCUT2D eigenvalue weighted by molar-refractivity contribution is 0.0799. The van der Waals surface area contributed by atoms with Crippen molar-refractivity contribution in [3.05, 3.63) is 18.0 Å². The maximum Gasteiger partial charge on any atom is 0.0524 e. The molecule has 3 rings (SSSR count). The minimum absolute atomic E-state index is 0.579. The lowest BCUT2D eigenvalue weighted by atomic mass is 9.64. The number of aromatic nitrogens is 2. The third kappa shape index (κ3) is 2.61. The largest absolute Gasteiger partial charge is 0.317 e. The maximum absolute atomic E-state index is 4.56. The Morgan fingerprint density at radius 3 is 2.72 bits per heavy atom. The standard InChI is InChI=1S/C15H25N3/c1-15(2)7-12(8-15)10-18-11-14(9-17-18)13-3-5-16-6-4-13/h9,11-13,16H,3-8,10H2,1-2H3. The first kappa shape index (κ1) is 12.2. The zero-order chi connectivity index (χ0) is 12.6. The van der Waals surface area contributed by atoms with Crippen molar-refractivity contribution in [2.24, 2.45) is 11.3 Å². The Morgan fingerprint density at radius 1 is 1.33 bits per heavy atom. The van der Waals surface area contributed by atoms with Crippen molar-refractivity contribution in [3.8, 4) is 0 Å². The Hall–Kier alpha value is -0.830. The highest BCUT2D eigenvalue weighted by Crippen LogP contribution is 2.45. The molecule has 1 aromatic rings. The molecule has 1 aliphatic carbocycles. The molecule has 0 bridgehead atoms. The van der Waals surface area contributed by atoms with Crippen LogP contribution in [0.5, 0.6) is 0 Å². The van der Waals surface area contributed by atoms with Gasteiger partial charge in [0.05, 0.1) is 6.20 Å². The van der Waals surface area contributed by atoms with Crippen LogP contribution in [0.4, 0.5) is 0 Å². The topological polar surface area (TPSA) is 29.9 Å². The summed E-state index contributed by atoms with van der Waals surface area (Å²) in [7, 11) is 0. The molecule has 0 radical (unpaired) electrons. The molecule has 1 N–H and O–H groups in total. The summed E-state index contributed by atoms with van der Waals surface area (Å²) in [5, 5.41) is 7.98. The van der Waals surface area contributed by atoms with Crippen LogP contribution in [0.2, 0.25) is 0 Å². The van der Waals surface area contributed by atoms with E-state index in [1.807, 2.05) is 0 Å². The molecule has 0 amide bonds. The Bertz CT molecular complexity index is 394. The molecular weight excluding hydrogens is 222 g/mol. The fraction of sp³-hybridized carbons (Fsp3) is 0.800. The van der Waals surface area contributed by atoms with Crippen LogP contribution in [0, 0.1) is 11.3 Å². The SMILES string of the molecule is CC1(C)CC(Cn2cc(C3CCNCC3)cn2)C1. The highest BCUT2D eigenvalue weighted by molar-refractivity contribution is 5.12. The molecular formula is C15H25N3. The number of rotatable bonds is 3. The van der Waals surface area contributed by atoms with Crippen molar-refractivity contribution in [2.45, 2.75) is 52.0 Å². The minimum Gasteiger partial charge on any atom is -0.317 e. The molecule has 100 valence electrons. The van der Waals surface area contributed by atoms with Gasteiger partial charge in [-0.05, 0) is 61.6 Å². The van der Waals surface area contributed by atoms with E-state index >= 15 is 0 Å². The van der Waals surface area contributed by atoms with Gasteiger partial charge in [-0.1, -0.05) is 13.8 Å². The average Bonchev–Trinajstić information content (AvgIpc) is 2.76. The van der Waals surface area contributed by atoms with Gasteiger partial charge in [0, 0.05) is 12.7 Å². The second-order valence-electron chi connectivity index (χ2n) is 6.96. The first-order valence-electron chi connectivity index (χ1n) is 7.35. The molecule has 2 aliphatic rings. The fourth-order valence-corrected chi connectivity index (χ4v) is 3.74. The van der Waals surface area contributed by atoms with E-state index in [1.54, 1.807) is 0 Å². The van der Waals surface area contributed by atoms with Crippen LogP contribution in [0.25, 0.3) is 0 Å². The molecule has 3 heteroatoms. The smallest absolute Gasteiger partial charge is 0.0524 e. The Kier molecular flexibility index (Phi) is 3.18. The predicted octanol–water partition coefficient (Wildman–Crippen LogP) is 2.79. The maximum atomic E-state index is 4.56. The summed E-state index contributed by atoms with van der Waals surface area (Å²) in [6, 6.07) is 0. The van der Waals surface area contributed by atoms with Crippen LogP contribution in [0.1, 0.15) is 51.0 Å². The molecule has 1 saturated heterocycles. The van der Waals surface area contributed by atoms with Crippen LogP contribution in [-0.4, -0.2) is 22.9 Å².